The maximum Gasteiger partial charge on any atom is 0.250 e. The van der Waals surface area contributed by atoms with Crippen LogP contribution in [0, 0.1) is 11.3 Å². The number of amides is 1. The molecule has 0 aliphatic carbocycles. The van der Waals surface area contributed by atoms with Crippen LogP contribution in [0.15, 0.2) is 0 Å². The monoisotopic (exact) mass is 174 g/mol. The lowest BCUT2D eigenvalue weighted by atomic mass is 10.2. The van der Waals surface area contributed by atoms with E-state index < -0.39 is 21.5 Å². The van der Waals surface area contributed by atoms with Crippen LogP contribution in [0.5, 0.6) is 0 Å². The second-order valence-corrected chi connectivity index (χ2v) is 4.23. The van der Waals surface area contributed by atoms with Crippen LogP contribution in [0.2, 0.25) is 0 Å². The summed E-state index contributed by atoms with van der Waals surface area (Å²) in [6.07, 6.45) is 0. The van der Waals surface area contributed by atoms with Gasteiger partial charge in [0.25, 0.3) is 5.91 Å². The van der Waals surface area contributed by atoms with E-state index in [1.807, 2.05) is 0 Å². The molecule has 1 amide bonds. The maximum absolute atomic E-state index is 11.1. The number of rotatable bonds is 3. The van der Waals surface area contributed by atoms with Crippen LogP contribution in [-0.2, 0) is 15.6 Å². The molecule has 11 heavy (non-hydrogen) atoms. The summed E-state index contributed by atoms with van der Waals surface area (Å²) in [4.78, 5) is 10.7. The maximum atomic E-state index is 11.1. The third-order valence-electron chi connectivity index (χ3n) is 1.40. The minimum atomic E-state index is -1.53. The first-order valence-corrected chi connectivity index (χ1v) is 4.40. The molecule has 0 bridgehead atoms. The van der Waals surface area contributed by atoms with Gasteiger partial charge in [-0.05, 0) is 6.92 Å². The van der Waals surface area contributed by atoms with E-state index in [0.29, 0.717) is 0 Å². The van der Waals surface area contributed by atoms with Gasteiger partial charge in [-0.15, -0.1) is 0 Å². The summed E-state index contributed by atoms with van der Waals surface area (Å²) in [5.41, 5.74) is 4.90. The van der Waals surface area contributed by atoms with Crippen molar-refractivity contribution in [3.05, 3.63) is 0 Å². The van der Waals surface area contributed by atoms with Gasteiger partial charge in [0.05, 0.1) is 16.9 Å². The van der Waals surface area contributed by atoms with E-state index in [9.17, 15) is 9.00 Å². The third kappa shape index (κ3) is 1.77. The fourth-order valence-corrected chi connectivity index (χ4v) is 1.41. The van der Waals surface area contributed by atoms with Gasteiger partial charge in [0, 0.05) is 5.75 Å². The Balaban J connectivity index is 4.79. The normalized spacial score (nSPS) is 17.9. The van der Waals surface area contributed by atoms with Crippen molar-refractivity contribution in [1.29, 1.82) is 5.26 Å². The largest absolute Gasteiger partial charge is 0.367 e. The highest BCUT2D eigenvalue weighted by atomic mass is 32.2. The Kier molecular flexibility index (Phi) is 3.20. The molecule has 2 atom stereocenters. The Hall–Kier alpha value is -0.890. The second kappa shape index (κ2) is 3.49. The summed E-state index contributed by atoms with van der Waals surface area (Å²) in [5, 5.41) is 8.51. The molecule has 2 unspecified atom stereocenters. The Bertz CT molecular complexity index is 233. The highest BCUT2D eigenvalue weighted by molar-refractivity contribution is 7.87. The molecule has 0 spiro atoms. The van der Waals surface area contributed by atoms with Gasteiger partial charge in [-0.1, -0.05) is 6.92 Å². The first kappa shape index (κ1) is 10.1. The van der Waals surface area contributed by atoms with Crippen LogP contribution < -0.4 is 5.73 Å². The quantitative estimate of drug-likeness (QED) is 0.627. The molecule has 0 rings (SSSR count). The molecule has 0 heterocycles. The van der Waals surface area contributed by atoms with Crippen molar-refractivity contribution in [2.24, 2.45) is 5.73 Å². The van der Waals surface area contributed by atoms with Gasteiger partial charge in [0.15, 0.2) is 0 Å². The fourth-order valence-electron chi connectivity index (χ4n) is 0.507. The summed E-state index contributed by atoms with van der Waals surface area (Å²) in [6.45, 7) is 2.92. The van der Waals surface area contributed by atoms with Crippen molar-refractivity contribution in [2.75, 3.05) is 5.75 Å². The lowest BCUT2D eigenvalue weighted by Crippen LogP contribution is -2.44. The highest BCUT2D eigenvalue weighted by Gasteiger charge is 2.37. The lowest BCUT2D eigenvalue weighted by molar-refractivity contribution is -0.118. The Labute approximate surface area is 67.8 Å². The molecule has 0 saturated carbocycles. The zero-order valence-electron chi connectivity index (χ0n) is 6.46. The minimum Gasteiger partial charge on any atom is -0.367 e. The summed E-state index contributed by atoms with van der Waals surface area (Å²) >= 11 is 0. The first-order valence-electron chi connectivity index (χ1n) is 3.08. The average Bonchev–Trinajstić information content (AvgIpc) is 2.01. The number of nitrogens with two attached hydrogens (primary N) is 1. The van der Waals surface area contributed by atoms with E-state index in [4.69, 9.17) is 11.0 Å². The number of hydrogen-bond donors (Lipinski definition) is 1. The predicted molar refractivity (Wildman–Crippen MR) is 41.9 cm³/mol. The molecule has 2 N–H and O–H groups in total. The summed E-state index contributed by atoms with van der Waals surface area (Å²) in [7, 11) is -1.50. The van der Waals surface area contributed by atoms with Crippen LogP contribution in [0.4, 0.5) is 0 Å². The molecule has 5 heteroatoms. The summed E-state index contributed by atoms with van der Waals surface area (Å²) in [5.74, 6) is -0.576. The van der Waals surface area contributed by atoms with E-state index in [1.54, 1.807) is 13.0 Å². The fraction of sp³-hybridized carbons (Fsp3) is 0.667. The van der Waals surface area contributed by atoms with Crippen molar-refractivity contribution < 1.29 is 9.00 Å². The number of primary amides is 1. The number of nitriles is 1. The zero-order chi connectivity index (χ0) is 9.07. The Morgan fingerprint density at radius 1 is 1.82 bits per heavy atom. The highest BCUT2D eigenvalue weighted by Crippen LogP contribution is 2.11. The topological polar surface area (TPSA) is 83.9 Å². The van der Waals surface area contributed by atoms with Gasteiger partial charge in [-0.2, -0.15) is 5.26 Å². The van der Waals surface area contributed by atoms with Crippen LogP contribution in [0.25, 0.3) is 0 Å². The van der Waals surface area contributed by atoms with Gasteiger partial charge < -0.3 is 5.73 Å². The van der Waals surface area contributed by atoms with E-state index in [1.165, 1.54) is 6.92 Å². The van der Waals surface area contributed by atoms with Crippen molar-refractivity contribution in [2.45, 2.75) is 18.6 Å². The molecule has 0 aromatic rings. The molecular weight excluding hydrogens is 164 g/mol. The van der Waals surface area contributed by atoms with Crippen molar-refractivity contribution in [3.63, 3.8) is 0 Å². The second-order valence-electron chi connectivity index (χ2n) is 2.14. The molecule has 0 aliphatic heterocycles. The molecule has 0 aromatic carbocycles. The number of carbonyl (C=O) groups excluding carboxylic acids is 1. The molecule has 0 aromatic heterocycles. The van der Waals surface area contributed by atoms with Crippen LogP contribution >= 0.6 is 0 Å². The molecular formula is C6H10N2O2S. The van der Waals surface area contributed by atoms with Gasteiger partial charge >= 0.3 is 0 Å². The van der Waals surface area contributed by atoms with Gasteiger partial charge in [0.1, 0.15) is 0 Å². The molecule has 0 radical (unpaired) electrons. The smallest absolute Gasteiger partial charge is 0.250 e. The van der Waals surface area contributed by atoms with Crippen LogP contribution in [0.3, 0.4) is 0 Å². The standard InChI is InChI=1S/C6H10N2O2S/c1-3-11(10)6(2,4-7)5(8)9/h3H2,1-2H3,(H2,8,9). The van der Waals surface area contributed by atoms with E-state index in [2.05, 4.69) is 0 Å². The average molecular weight is 174 g/mol. The molecule has 0 fully saturated rings. The Morgan fingerprint density at radius 3 is 2.36 bits per heavy atom. The molecule has 4 nitrogen and oxygen atoms in total. The van der Waals surface area contributed by atoms with E-state index in [0.717, 1.165) is 0 Å². The van der Waals surface area contributed by atoms with E-state index in [-0.39, 0.29) is 5.75 Å². The third-order valence-corrected chi connectivity index (χ3v) is 3.13. The summed E-state index contributed by atoms with van der Waals surface area (Å²) in [6, 6.07) is 1.65. The Morgan fingerprint density at radius 2 is 2.27 bits per heavy atom. The molecule has 0 saturated heterocycles. The minimum absolute atomic E-state index is 0.257. The van der Waals surface area contributed by atoms with E-state index >= 15 is 0 Å². The van der Waals surface area contributed by atoms with Gasteiger partial charge in [-0.25, -0.2) is 0 Å². The molecule has 0 aliphatic rings. The number of hydrogen-bond acceptors (Lipinski definition) is 3. The van der Waals surface area contributed by atoms with Crippen LogP contribution in [0.1, 0.15) is 13.8 Å². The van der Waals surface area contributed by atoms with Gasteiger partial charge in [-0.3, -0.25) is 9.00 Å². The number of nitrogens with zero attached hydrogens (tertiary/aromatic N) is 1. The SMILES string of the molecule is CCS(=O)C(C)(C#N)C(N)=O. The summed E-state index contributed by atoms with van der Waals surface area (Å²) < 4.78 is 9.56. The van der Waals surface area contributed by atoms with Crippen molar-refractivity contribution in [1.82, 2.24) is 0 Å². The molecule has 62 valence electrons. The zero-order valence-corrected chi connectivity index (χ0v) is 7.27. The first-order chi connectivity index (χ1) is 4.99. The van der Waals surface area contributed by atoms with Crippen molar-refractivity contribution >= 4 is 16.7 Å². The number of carbonyl (C=O) groups is 1. The predicted octanol–water partition coefficient (Wildman–Crippen LogP) is -0.477. The van der Waals surface area contributed by atoms with Crippen molar-refractivity contribution in [3.8, 4) is 6.07 Å². The van der Waals surface area contributed by atoms with Crippen LogP contribution in [-0.4, -0.2) is 20.6 Å². The lowest BCUT2D eigenvalue weighted by Gasteiger charge is -2.14. The van der Waals surface area contributed by atoms with Gasteiger partial charge in [0.2, 0.25) is 4.75 Å².